The fourth-order valence-corrected chi connectivity index (χ4v) is 1.60. The largest absolute Gasteiger partial charge is 0.362 e. The van der Waals surface area contributed by atoms with Crippen molar-refractivity contribution in [3.05, 3.63) is 18.3 Å². The second-order valence-corrected chi connectivity index (χ2v) is 4.23. The zero-order chi connectivity index (χ0) is 11.1. The number of imidazole rings is 1. The molecule has 0 amide bonds. The van der Waals surface area contributed by atoms with Crippen LogP contribution in [0.1, 0.15) is 24.6 Å². The van der Waals surface area contributed by atoms with Crippen molar-refractivity contribution in [3.63, 3.8) is 0 Å². The summed E-state index contributed by atoms with van der Waals surface area (Å²) in [5.41, 5.74) is 0. The van der Waals surface area contributed by atoms with Gasteiger partial charge in [0.05, 0.1) is 6.20 Å². The third-order valence-electron chi connectivity index (χ3n) is 2.66. The lowest BCUT2D eigenvalue weighted by molar-refractivity contribution is 0.397. The molecule has 0 aromatic carbocycles. The lowest BCUT2D eigenvalue weighted by atomic mass is 10.4. The van der Waals surface area contributed by atoms with Crippen LogP contribution in [0.4, 0.5) is 5.82 Å². The molecule has 1 aliphatic carbocycles. The van der Waals surface area contributed by atoms with E-state index in [1.54, 1.807) is 17.1 Å². The van der Waals surface area contributed by atoms with Gasteiger partial charge >= 0.3 is 6.01 Å². The van der Waals surface area contributed by atoms with Gasteiger partial charge in [0.15, 0.2) is 5.82 Å². The third kappa shape index (κ3) is 1.46. The minimum absolute atomic E-state index is 0.489. The Morgan fingerprint density at radius 1 is 1.44 bits per heavy atom. The molecule has 6 nitrogen and oxygen atoms in total. The highest BCUT2D eigenvalue weighted by Gasteiger charge is 2.29. The van der Waals surface area contributed by atoms with Crippen LogP contribution in [0.15, 0.2) is 17.0 Å². The molecule has 6 heteroatoms. The SMILES string of the molecule is CN(C)c1cncn1-c1nc(C2CC2)no1. The Morgan fingerprint density at radius 2 is 2.25 bits per heavy atom. The monoisotopic (exact) mass is 219 g/mol. The van der Waals surface area contributed by atoms with Crippen LogP contribution < -0.4 is 4.90 Å². The third-order valence-corrected chi connectivity index (χ3v) is 2.66. The molecule has 2 aromatic rings. The first-order valence-electron chi connectivity index (χ1n) is 5.29. The van der Waals surface area contributed by atoms with E-state index in [9.17, 15) is 0 Å². The molecule has 1 fully saturated rings. The van der Waals surface area contributed by atoms with Crippen molar-refractivity contribution < 1.29 is 4.52 Å². The first-order valence-corrected chi connectivity index (χ1v) is 5.29. The van der Waals surface area contributed by atoms with Crippen LogP contribution in [-0.4, -0.2) is 33.8 Å². The molecule has 0 spiro atoms. The smallest absolute Gasteiger partial charge is 0.335 e. The lowest BCUT2D eigenvalue weighted by Crippen LogP contribution is -2.13. The normalized spacial score (nSPS) is 15.4. The number of aromatic nitrogens is 4. The fraction of sp³-hybridized carbons (Fsp3) is 0.500. The Hall–Kier alpha value is -1.85. The summed E-state index contributed by atoms with van der Waals surface area (Å²) in [5.74, 6) is 2.24. The van der Waals surface area contributed by atoms with Crippen molar-refractivity contribution >= 4 is 5.82 Å². The number of hydrogen-bond donors (Lipinski definition) is 0. The van der Waals surface area contributed by atoms with Gasteiger partial charge < -0.3 is 9.42 Å². The van der Waals surface area contributed by atoms with Crippen molar-refractivity contribution in [1.82, 2.24) is 19.7 Å². The highest BCUT2D eigenvalue weighted by atomic mass is 16.5. The second kappa shape index (κ2) is 3.33. The van der Waals surface area contributed by atoms with E-state index >= 15 is 0 Å². The zero-order valence-electron chi connectivity index (χ0n) is 9.29. The highest BCUT2D eigenvalue weighted by molar-refractivity contribution is 5.39. The van der Waals surface area contributed by atoms with E-state index < -0.39 is 0 Å². The molecule has 0 atom stereocenters. The van der Waals surface area contributed by atoms with E-state index in [4.69, 9.17) is 4.52 Å². The summed E-state index contributed by atoms with van der Waals surface area (Å²) in [4.78, 5) is 10.4. The Bertz CT molecular complexity index is 497. The van der Waals surface area contributed by atoms with Gasteiger partial charge in [-0.1, -0.05) is 5.16 Å². The molecule has 0 unspecified atom stereocenters. The van der Waals surface area contributed by atoms with Gasteiger partial charge in [0.1, 0.15) is 12.1 Å². The maximum Gasteiger partial charge on any atom is 0.335 e. The molecule has 0 bridgehead atoms. The average Bonchev–Trinajstić information content (AvgIpc) is 2.83. The summed E-state index contributed by atoms with van der Waals surface area (Å²) >= 11 is 0. The van der Waals surface area contributed by atoms with Crippen molar-refractivity contribution in [3.8, 4) is 6.01 Å². The Labute approximate surface area is 92.9 Å². The summed E-state index contributed by atoms with van der Waals surface area (Å²) in [6.45, 7) is 0. The van der Waals surface area contributed by atoms with Gasteiger partial charge in [-0.05, 0) is 12.8 Å². The first-order chi connectivity index (χ1) is 7.75. The van der Waals surface area contributed by atoms with Crippen LogP contribution >= 0.6 is 0 Å². The van der Waals surface area contributed by atoms with Crippen LogP contribution in [0.3, 0.4) is 0 Å². The van der Waals surface area contributed by atoms with E-state index in [2.05, 4.69) is 15.1 Å². The minimum Gasteiger partial charge on any atom is -0.362 e. The number of rotatable bonds is 3. The maximum absolute atomic E-state index is 5.24. The summed E-state index contributed by atoms with van der Waals surface area (Å²) in [6.07, 6.45) is 5.79. The molecule has 0 radical (unpaired) electrons. The van der Waals surface area contributed by atoms with Crippen molar-refractivity contribution in [2.24, 2.45) is 0 Å². The van der Waals surface area contributed by atoms with Gasteiger partial charge in [-0.3, -0.25) is 0 Å². The molecule has 3 rings (SSSR count). The van der Waals surface area contributed by atoms with Crippen molar-refractivity contribution in [2.75, 3.05) is 19.0 Å². The van der Waals surface area contributed by atoms with E-state index in [0.29, 0.717) is 11.9 Å². The molecule has 2 heterocycles. The molecule has 0 saturated heterocycles. The molecule has 16 heavy (non-hydrogen) atoms. The predicted molar refractivity (Wildman–Crippen MR) is 57.7 cm³/mol. The van der Waals surface area contributed by atoms with Gasteiger partial charge in [0.2, 0.25) is 0 Å². The van der Waals surface area contributed by atoms with Crippen LogP contribution in [0.5, 0.6) is 0 Å². The Kier molecular flexibility index (Phi) is 1.95. The predicted octanol–water partition coefficient (Wildman–Crippen LogP) is 1.20. The summed E-state index contributed by atoms with van der Waals surface area (Å²) in [5, 5.41) is 3.98. The maximum atomic E-state index is 5.24. The molecular weight excluding hydrogens is 206 g/mol. The molecule has 0 N–H and O–H groups in total. The quantitative estimate of drug-likeness (QED) is 0.776. The molecule has 2 aromatic heterocycles. The summed E-state index contributed by atoms with van der Waals surface area (Å²) < 4.78 is 7.03. The van der Waals surface area contributed by atoms with Crippen LogP contribution in [-0.2, 0) is 0 Å². The van der Waals surface area contributed by atoms with Gasteiger partial charge in [-0.2, -0.15) is 4.98 Å². The standard InChI is InChI=1S/C10H13N5O/c1-14(2)8-5-11-6-15(8)10-12-9(13-16-10)7-3-4-7/h5-7H,3-4H2,1-2H3. The van der Waals surface area contributed by atoms with Crippen LogP contribution in [0, 0.1) is 0 Å². The van der Waals surface area contributed by atoms with Gasteiger partial charge in [-0.25, -0.2) is 9.55 Å². The lowest BCUT2D eigenvalue weighted by Gasteiger charge is -2.11. The molecule has 1 aliphatic rings. The van der Waals surface area contributed by atoms with Crippen molar-refractivity contribution in [1.29, 1.82) is 0 Å². The van der Waals surface area contributed by atoms with Gasteiger partial charge in [0.25, 0.3) is 0 Å². The number of anilines is 1. The molecule has 0 aliphatic heterocycles. The number of nitrogens with zero attached hydrogens (tertiary/aromatic N) is 5. The molecule has 84 valence electrons. The van der Waals surface area contributed by atoms with E-state index in [0.717, 1.165) is 11.6 Å². The van der Waals surface area contributed by atoms with Crippen LogP contribution in [0.25, 0.3) is 6.01 Å². The summed E-state index contributed by atoms with van der Waals surface area (Å²) in [6, 6.07) is 0.489. The Balaban J connectivity index is 1.97. The highest BCUT2D eigenvalue weighted by Crippen LogP contribution is 2.38. The fourth-order valence-electron chi connectivity index (χ4n) is 1.60. The van der Waals surface area contributed by atoms with E-state index in [1.807, 2.05) is 19.0 Å². The Morgan fingerprint density at radius 3 is 2.94 bits per heavy atom. The molecular formula is C10H13N5O. The summed E-state index contributed by atoms with van der Waals surface area (Å²) in [7, 11) is 3.90. The van der Waals surface area contributed by atoms with Crippen LogP contribution in [0.2, 0.25) is 0 Å². The number of hydrogen-bond acceptors (Lipinski definition) is 5. The van der Waals surface area contributed by atoms with Gasteiger partial charge in [-0.15, -0.1) is 0 Å². The van der Waals surface area contributed by atoms with E-state index in [-0.39, 0.29) is 0 Å². The first kappa shape index (κ1) is 9.38. The van der Waals surface area contributed by atoms with E-state index in [1.165, 1.54) is 12.8 Å². The average molecular weight is 219 g/mol. The second-order valence-electron chi connectivity index (χ2n) is 4.23. The topological polar surface area (TPSA) is 60.0 Å². The van der Waals surface area contributed by atoms with Crippen molar-refractivity contribution in [2.45, 2.75) is 18.8 Å². The van der Waals surface area contributed by atoms with Gasteiger partial charge in [0, 0.05) is 20.0 Å². The minimum atomic E-state index is 0.489. The molecule has 1 saturated carbocycles. The zero-order valence-corrected chi connectivity index (χ0v) is 9.29.